The van der Waals surface area contributed by atoms with E-state index in [2.05, 4.69) is 38.1 Å². The van der Waals surface area contributed by atoms with Crippen molar-refractivity contribution in [3.8, 4) is 0 Å². The second-order valence-corrected chi connectivity index (χ2v) is 7.79. The predicted octanol–water partition coefficient (Wildman–Crippen LogP) is 3.31. The van der Waals surface area contributed by atoms with Crippen LogP contribution in [0.15, 0.2) is 42.7 Å². The Morgan fingerprint density at radius 3 is 2.66 bits per heavy atom. The molecule has 1 fully saturated rings. The van der Waals surface area contributed by atoms with Crippen LogP contribution in [-0.2, 0) is 11.3 Å². The van der Waals surface area contributed by atoms with E-state index in [0.29, 0.717) is 12.6 Å². The number of amides is 1. The van der Waals surface area contributed by atoms with Crippen LogP contribution >= 0.6 is 0 Å². The second kappa shape index (κ2) is 9.03. The van der Waals surface area contributed by atoms with Crippen LogP contribution in [0, 0.1) is 12.8 Å². The van der Waals surface area contributed by atoms with Crippen molar-refractivity contribution < 1.29 is 4.79 Å². The maximum absolute atomic E-state index is 12.5. The van der Waals surface area contributed by atoms with Gasteiger partial charge in [0.1, 0.15) is 0 Å². The Morgan fingerprint density at radius 1 is 1.10 bits per heavy atom. The topological polar surface area (TPSA) is 84.7 Å². The van der Waals surface area contributed by atoms with Gasteiger partial charge in [-0.05, 0) is 45.1 Å². The molecule has 2 N–H and O–H groups in total. The zero-order chi connectivity index (χ0) is 20.1. The standard InChI is InChI=1S/C22H28N6O/c1-16-19-6-2-3-7-20(19)21(27-26-16)25-18-10-8-17(9-11-18)22(29)23-12-4-14-28-15-5-13-24-28/h2-3,5-7,13,15,17-18H,4,8-12,14H2,1H3,(H,23,29)(H,25,27). The summed E-state index contributed by atoms with van der Waals surface area (Å²) in [6.45, 7) is 3.51. The van der Waals surface area contributed by atoms with E-state index in [1.54, 1.807) is 6.20 Å². The van der Waals surface area contributed by atoms with Crippen LogP contribution in [-0.4, -0.2) is 38.5 Å². The number of nitrogens with zero attached hydrogens (tertiary/aromatic N) is 4. The van der Waals surface area contributed by atoms with E-state index in [4.69, 9.17) is 0 Å². The summed E-state index contributed by atoms with van der Waals surface area (Å²) >= 11 is 0. The van der Waals surface area contributed by atoms with E-state index in [1.165, 1.54) is 0 Å². The van der Waals surface area contributed by atoms with Gasteiger partial charge < -0.3 is 10.6 Å². The highest BCUT2D eigenvalue weighted by molar-refractivity contribution is 5.92. The third kappa shape index (κ3) is 4.72. The summed E-state index contributed by atoms with van der Waals surface area (Å²) in [6, 6.07) is 10.5. The van der Waals surface area contributed by atoms with Crippen LogP contribution in [0.5, 0.6) is 0 Å². The number of anilines is 1. The molecule has 7 nitrogen and oxygen atoms in total. The maximum atomic E-state index is 12.5. The minimum absolute atomic E-state index is 0.110. The van der Waals surface area contributed by atoms with Crippen LogP contribution in [0.4, 0.5) is 5.82 Å². The monoisotopic (exact) mass is 392 g/mol. The molecule has 0 bridgehead atoms. The first-order chi connectivity index (χ1) is 14.2. The van der Waals surface area contributed by atoms with Gasteiger partial charge in [0, 0.05) is 48.2 Å². The molecular weight excluding hydrogens is 364 g/mol. The summed E-state index contributed by atoms with van der Waals surface area (Å²) in [7, 11) is 0. The Kier molecular flexibility index (Phi) is 6.03. The molecule has 29 heavy (non-hydrogen) atoms. The van der Waals surface area contributed by atoms with Gasteiger partial charge in [0.2, 0.25) is 5.91 Å². The largest absolute Gasteiger partial charge is 0.365 e. The van der Waals surface area contributed by atoms with Crippen LogP contribution in [0.25, 0.3) is 10.8 Å². The average Bonchev–Trinajstić information content (AvgIpc) is 3.27. The molecule has 0 radical (unpaired) electrons. The van der Waals surface area contributed by atoms with Gasteiger partial charge >= 0.3 is 0 Å². The third-order valence-electron chi connectivity index (χ3n) is 5.73. The Bertz CT molecular complexity index is 947. The van der Waals surface area contributed by atoms with Crippen molar-refractivity contribution in [2.45, 2.75) is 51.6 Å². The van der Waals surface area contributed by atoms with Crippen LogP contribution in [0.3, 0.4) is 0 Å². The lowest BCUT2D eigenvalue weighted by Crippen LogP contribution is -2.36. The van der Waals surface area contributed by atoms with Crippen molar-refractivity contribution in [3.05, 3.63) is 48.4 Å². The predicted molar refractivity (Wildman–Crippen MR) is 113 cm³/mol. The Hall–Kier alpha value is -2.96. The molecule has 2 aromatic heterocycles. The third-order valence-corrected chi connectivity index (χ3v) is 5.73. The molecule has 0 saturated heterocycles. The average molecular weight is 393 g/mol. The molecule has 7 heteroatoms. The van der Waals surface area contributed by atoms with E-state index in [1.807, 2.05) is 36.0 Å². The second-order valence-electron chi connectivity index (χ2n) is 7.79. The van der Waals surface area contributed by atoms with Crippen molar-refractivity contribution in [2.24, 2.45) is 5.92 Å². The summed E-state index contributed by atoms with van der Waals surface area (Å²) < 4.78 is 1.89. The Balaban J connectivity index is 1.24. The lowest BCUT2D eigenvalue weighted by atomic mass is 9.85. The van der Waals surface area contributed by atoms with Gasteiger partial charge in [-0.15, -0.1) is 5.10 Å². The summed E-state index contributed by atoms with van der Waals surface area (Å²) in [5.41, 5.74) is 0.944. The van der Waals surface area contributed by atoms with Crippen LogP contribution in [0.1, 0.15) is 37.8 Å². The summed E-state index contributed by atoms with van der Waals surface area (Å²) in [5.74, 6) is 1.14. The van der Waals surface area contributed by atoms with E-state index in [0.717, 1.165) is 60.9 Å². The normalized spacial score (nSPS) is 19.2. The van der Waals surface area contributed by atoms with Crippen molar-refractivity contribution in [1.82, 2.24) is 25.3 Å². The molecule has 4 rings (SSSR count). The minimum Gasteiger partial charge on any atom is -0.365 e. The van der Waals surface area contributed by atoms with Crippen molar-refractivity contribution in [3.63, 3.8) is 0 Å². The number of fused-ring (bicyclic) bond motifs is 1. The summed E-state index contributed by atoms with van der Waals surface area (Å²) in [6.07, 6.45) is 8.35. The highest BCUT2D eigenvalue weighted by atomic mass is 16.1. The van der Waals surface area contributed by atoms with Crippen molar-refractivity contribution >= 4 is 22.5 Å². The minimum atomic E-state index is 0.110. The first-order valence-electron chi connectivity index (χ1n) is 10.4. The van der Waals surface area contributed by atoms with Gasteiger partial charge in [-0.3, -0.25) is 9.48 Å². The fourth-order valence-corrected chi connectivity index (χ4v) is 4.07. The van der Waals surface area contributed by atoms with Gasteiger partial charge in [0.25, 0.3) is 0 Å². The molecule has 0 unspecified atom stereocenters. The fraction of sp³-hybridized carbons (Fsp3) is 0.455. The quantitative estimate of drug-likeness (QED) is 0.603. The molecule has 1 aromatic carbocycles. The lowest BCUT2D eigenvalue weighted by Gasteiger charge is -2.29. The van der Waals surface area contributed by atoms with E-state index < -0.39 is 0 Å². The number of rotatable bonds is 7. The number of benzene rings is 1. The van der Waals surface area contributed by atoms with Crippen molar-refractivity contribution in [1.29, 1.82) is 0 Å². The Morgan fingerprint density at radius 2 is 1.90 bits per heavy atom. The Labute approximate surface area is 170 Å². The molecule has 1 saturated carbocycles. The van der Waals surface area contributed by atoms with E-state index in [-0.39, 0.29) is 11.8 Å². The highest BCUT2D eigenvalue weighted by Crippen LogP contribution is 2.29. The molecule has 0 atom stereocenters. The number of carbonyl (C=O) groups excluding carboxylic acids is 1. The molecule has 0 aliphatic heterocycles. The number of aromatic nitrogens is 4. The van der Waals surface area contributed by atoms with Gasteiger partial charge in [0.05, 0.1) is 5.69 Å². The van der Waals surface area contributed by atoms with Gasteiger partial charge in [-0.25, -0.2) is 0 Å². The van der Waals surface area contributed by atoms with Gasteiger partial charge in [-0.1, -0.05) is 24.3 Å². The van der Waals surface area contributed by atoms with Crippen LogP contribution < -0.4 is 10.6 Å². The zero-order valence-electron chi connectivity index (χ0n) is 16.8. The summed E-state index contributed by atoms with van der Waals surface area (Å²) in [4.78, 5) is 12.5. The number of hydrogen-bond acceptors (Lipinski definition) is 5. The highest BCUT2D eigenvalue weighted by Gasteiger charge is 2.26. The SMILES string of the molecule is Cc1nnc(NC2CCC(C(=O)NCCCn3cccn3)CC2)c2ccccc12. The fourth-order valence-electron chi connectivity index (χ4n) is 4.07. The first kappa shape index (κ1) is 19.4. The van der Waals surface area contributed by atoms with E-state index in [9.17, 15) is 4.79 Å². The molecule has 152 valence electrons. The number of nitrogens with one attached hydrogen (secondary N) is 2. The van der Waals surface area contributed by atoms with Gasteiger partial charge in [-0.2, -0.15) is 10.2 Å². The molecular formula is C22H28N6O. The first-order valence-corrected chi connectivity index (χ1v) is 10.4. The molecule has 2 heterocycles. The molecule has 1 aliphatic rings. The van der Waals surface area contributed by atoms with E-state index >= 15 is 0 Å². The maximum Gasteiger partial charge on any atom is 0.223 e. The number of hydrogen-bond donors (Lipinski definition) is 2. The molecule has 1 aliphatic carbocycles. The molecule has 1 amide bonds. The van der Waals surface area contributed by atoms with Crippen LogP contribution in [0.2, 0.25) is 0 Å². The zero-order valence-corrected chi connectivity index (χ0v) is 16.8. The molecule has 3 aromatic rings. The lowest BCUT2D eigenvalue weighted by molar-refractivity contribution is -0.125. The van der Waals surface area contributed by atoms with Gasteiger partial charge in [0.15, 0.2) is 5.82 Å². The molecule has 0 spiro atoms. The summed E-state index contributed by atoms with van der Waals surface area (Å²) in [5, 5.41) is 21.7. The smallest absolute Gasteiger partial charge is 0.223 e. The van der Waals surface area contributed by atoms with Crippen molar-refractivity contribution in [2.75, 3.05) is 11.9 Å². The number of aryl methyl sites for hydroxylation is 2. The number of carbonyl (C=O) groups is 1.